The average molecular weight is 220 g/mol. The van der Waals surface area contributed by atoms with Crippen LogP contribution in [0.25, 0.3) is 0 Å². The van der Waals surface area contributed by atoms with Gasteiger partial charge in [0.15, 0.2) is 0 Å². The Bertz CT molecular complexity index is 341. The Kier molecular flexibility index (Phi) is 4.01. The van der Waals surface area contributed by atoms with E-state index in [1.54, 1.807) is 7.11 Å². The number of rotatable bonds is 4. The lowest BCUT2D eigenvalue weighted by Gasteiger charge is -2.25. The van der Waals surface area contributed by atoms with Crippen LogP contribution in [0.2, 0.25) is 0 Å². The minimum atomic E-state index is 0.379. The van der Waals surface area contributed by atoms with Crippen molar-refractivity contribution in [3.8, 4) is 5.75 Å². The Labute approximate surface area is 99.8 Å². The zero-order valence-corrected chi connectivity index (χ0v) is 11.5. The summed E-state index contributed by atoms with van der Waals surface area (Å²) in [4.78, 5) is 0. The summed E-state index contributed by atoms with van der Waals surface area (Å²) in [6, 6.07) is 4.27. The molecule has 0 aliphatic rings. The first kappa shape index (κ1) is 13.1. The Balaban J connectivity index is 3.06. The van der Waals surface area contributed by atoms with Crippen LogP contribution in [0.4, 0.5) is 0 Å². The van der Waals surface area contributed by atoms with Gasteiger partial charge < -0.3 is 4.74 Å². The fraction of sp³-hybridized carbons (Fsp3) is 0.600. The van der Waals surface area contributed by atoms with E-state index in [4.69, 9.17) is 4.74 Å². The van der Waals surface area contributed by atoms with Gasteiger partial charge in [-0.25, -0.2) is 0 Å². The van der Waals surface area contributed by atoms with E-state index in [9.17, 15) is 0 Å². The van der Waals surface area contributed by atoms with Crippen LogP contribution in [-0.2, 0) is 6.42 Å². The lowest BCUT2D eigenvalue weighted by atomic mass is 9.81. The Hall–Kier alpha value is -0.980. The summed E-state index contributed by atoms with van der Waals surface area (Å²) in [6.07, 6.45) is 2.35. The SMILES string of the molecule is CCC(C)(C)Cc1c(C)cc(OC)cc1C. The van der Waals surface area contributed by atoms with E-state index >= 15 is 0 Å². The Morgan fingerprint density at radius 2 is 1.62 bits per heavy atom. The van der Waals surface area contributed by atoms with E-state index < -0.39 is 0 Å². The normalized spacial score (nSPS) is 11.6. The molecule has 0 spiro atoms. The smallest absolute Gasteiger partial charge is 0.119 e. The average Bonchev–Trinajstić information content (AvgIpc) is 2.23. The summed E-state index contributed by atoms with van der Waals surface area (Å²) < 4.78 is 5.29. The van der Waals surface area contributed by atoms with Crippen LogP contribution < -0.4 is 4.74 Å². The van der Waals surface area contributed by atoms with E-state index in [1.807, 2.05) is 0 Å². The highest BCUT2D eigenvalue weighted by Crippen LogP contribution is 2.30. The number of benzene rings is 1. The molecule has 0 fully saturated rings. The Morgan fingerprint density at radius 1 is 1.12 bits per heavy atom. The molecule has 0 N–H and O–H groups in total. The zero-order valence-electron chi connectivity index (χ0n) is 11.5. The molecule has 0 saturated heterocycles. The van der Waals surface area contributed by atoms with Gasteiger partial charge in [-0.2, -0.15) is 0 Å². The van der Waals surface area contributed by atoms with Gasteiger partial charge in [0.25, 0.3) is 0 Å². The highest BCUT2D eigenvalue weighted by atomic mass is 16.5. The largest absolute Gasteiger partial charge is 0.497 e. The van der Waals surface area contributed by atoms with Crippen molar-refractivity contribution in [1.29, 1.82) is 0 Å². The third-order valence-corrected chi connectivity index (χ3v) is 3.52. The zero-order chi connectivity index (χ0) is 12.3. The lowest BCUT2D eigenvalue weighted by molar-refractivity contribution is 0.347. The van der Waals surface area contributed by atoms with Gasteiger partial charge in [-0.1, -0.05) is 27.2 Å². The molecule has 16 heavy (non-hydrogen) atoms. The van der Waals surface area contributed by atoms with Crippen LogP contribution in [-0.4, -0.2) is 7.11 Å². The van der Waals surface area contributed by atoms with E-state index in [0.717, 1.165) is 12.2 Å². The van der Waals surface area contributed by atoms with Crippen molar-refractivity contribution in [2.75, 3.05) is 7.11 Å². The molecular formula is C15H24O. The first-order valence-corrected chi connectivity index (χ1v) is 6.03. The standard InChI is InChI=1S/C15H24O/c1-7-15(4,5)10-14-11(2)8-13(16-6)9-12(14)3/h8-9H,7,10H2,1-6H3. The fourth-order valence-electron chi connectivity index (χ4n) is 1.95. The minimum absolute atomic E-state index is 0.379. The molecule has 0 radical (unpaired) electrons. The third-order valence-electron chi connectivity index (χ3n) is 3.52. The Morgan fingerprint density at radius 3 is 2.00 bits per heavy atom. The lowest BCUT2D eigenvalue weighted by Crippen LogP contribution is -2.15. The second-order valence-corrected chi connectivity index (χ2v) is 5.43. The second-order valence-electron chi connectivity index (χ2n) is 5.43. The van der Waals surface area contributed by atoms with Crippen LogP contribution in [0.5, 0.6) is 5.75 Å². The van der Waals surface area contributed by atoms with Gasteiger partial charge in [-0.15, -0.1) is 0 Å². The van der Waals surface area contributed by atoms with Crippen molar-refractivity contribution in [1.82, 2.24) is 0 Å². The number of hydrogen-bond donors (Lipinski definition) is 0. The molecule has 1 heteroatoms. The van der Waals surface area contributed by atoms with Gasteiger partial charge in [-0.05, 0) is 54.5 Å². The summed E-state index contributed by atoms with van der Waals surface area (Å²) >= 11 is 0. The molecule has 1 nitrogen and oxygen atoms in total. The summed E-state index contributed by atoms with van der Waals surface area (Å²) in [6.45, 7) is 11.3. The molecule has 0 saturated carbocycles. The highest BCUT2D eigenvalue weighted by Gasteiger charge is 2.18. The van der Waals surface area contributed by atoms with Gasteiger partial charge in [0.2, 0.25) is 0 Å². The number of ether oxygens (including phenoxy) is 1. The fourth-order valence-corrected chi connectivity index (χ4v) is 1.95. The van der Waals surface area contributed by atoms with E-state index in [2.05, 4.69) is 46.8 Å². The number of methoxy groups -OCH3 is 1. The predicted octanol–water partition coefficient (Wildman–Crippen LogP) is 4.29. The summed E-state index contributed by atoms with van der Waals surface area (Å²) in [5, 5.41) is 0. The first-order chi connectivity index (χ1) is 7.39. The van der Waals surface area contributed by atoms with E-state index in [1.165, 1.54) is 23.1 Å². The van der Waals surface area contributed by atoms with Gasteiger partial charge >= 0.3 is 0 Å². The van der Waals surface area contributed by atoms with E-state index in [-0.39, 0.29) is 0 Å². The quantitative estimate of drug-likeness (QED) is 0.735. The molecule has 1 aromatic carbocycles. The highest BCUT2D eigenvalue weighted by molar-refractivity contribution is 5.41. The molecular weight excluding hydrogens is 196 g/mol. The molecule has 1 aromatic rings. The van der Waals surface area contributed by atoms with Gasteiger partial charge in [0, 0.05) is 0 Å². The monoisotopic (exact) mass is 220 g/mol. The van der Waals surface area contributed by atoms with Crippen LogP contribution in [0, 0.1) is 19.3 Å². The maximum Gasteiger partial charge on any atom is 0.119 e. The molecule has 0 bridgehead atoms. The van der Waals surface area contributed by atoms with Crippen molar-refractivity contribution in [2.45, 2.75) is 47.5 Å². The van der Waals surface area contributed by atoms with Crippen molar-refractivity contribution in [2.24, 2.45) is 5.41 Å². The van der Waals surface area contributed by atoms with Crippen molar-refractivity contribution in [3.05, 3.63) is 28.8 Å². The van der Waals surface area contributed by atoms with E-state index in [0.29, 0.717) is 5.41 Å². The molecule has 1 rings (SSSR count). The maximum atomic E-state index is 5.29. The summed E-state index contributed by atoms with van der Waals surface area (Å²) in [5.74, 6) is 0.966. The molecule has 0 heterocycles. The van der Waals surface area contributed by atoms with Crippen LogP contribution >= 0.6 is 0 Å². The van der Waals surface area contributed by atoms with Crippen LogP contribution in [0.3, 0.4) is 0 Å². The number of aryl methyl sites for hydroxylation is 2. The topological polar surface area (TPSA) is 9.23 Å². The van der Waals surface area contributed by atoms with Crippen LogP contribution in [0.1, 0.15) is 43.9 Å². The van der Waals surface area contributed by atoms with Crippen molar-refractivity contribution < 1.29 is 4.74 Å². The number of hydrogen-bond acceptors (Lipinski definition) is 1. The molecule has 0 atom stereocenters. The molecule has 0 unspecified atom stereocenters. The summed E-state index contributed by atoms with van der Waals surface area (Å²) in [7, 11) is 1.73. The van der Waals surface area contributed by atoms with Crippen molar-refractivity contribution >= 4 is 0 Å². The van der Waals surface area contributed by atoms with Gasteiger partial charge in [0.05, 0.1) is 7.11 Å². The third kappa shape index (κ3) is 3.01. The van der Waals surface area contributed by atoms with Gasteiger partial charge in [0.1, 0.15) is 5.75 Å². The molecule has 0 aliphatic heterocycles. The molecule has 0 aromatic heterocycles. The first-order valence-electron chi connectivity index (χ1n) is 6.03. The molecule has 0 amide bonds. The van der Waals surface area contributed by atoms with Crippen LogP contribution in [0.15, 0.2) is 12.1 Å². The molecule has 90 valence electrons. The van der Waals surface area contributed by atoms with Crippen molar-refractivity contribution in [3.63, 3.8) is 0 Å². The summed E-state index contributed by atoms with van der Waals surface area (Å²) in [5.41, 5.74) is 4.55. The minimum Gasteiger partial charge on any atom is -0.497 e. The second kappa shape index (κ2) is 4.90. The molecule has 0 aliphatic carbocycles. The van der Waals surface area contributed by atoms with Gasteiger partial charge in [-0.3, -0.25) is 0 Å². The predicted molar refractivity (Wildman–Crippen MR) is 70.2 cm³/mol. The maximum absolute atomic E-state index is 5.29.